The van der Waals surface area contributed by atoms with Crippen LogP contribution in [-0.4, -0.2) is 20.8 Å². The maximum absolute atomic E-state index is 12.4. The first-order valence-electron chi connectivity index (χ1n) is 6.38. The largest absolute Gasteiger partial charge is 0.332 e. The summed E-state index contributed by atoms with van der Waals surface area (Å²) in [5.74, 6) is 0.314. The molecule has 0 radical (unpaired) electrons. The highest BCUT2D eigenvalue weighted by Crippen LogP contribution is 2.42. The first kappa shape index (κ1) is 12.7. The number of amides is 1. The Morgan fingerprint density at radius 2 is 2.00 bits per heavy atom. The third kappa shape index (κ3) is 2.16. The minimum absolute atomic E-state index is 0.152. The highest BCUT2D eigenvalue weighted by molar-refractivity contribution is 14.1. The zero-order valence-corrected chi connectivity index (χ0v) is 12.9. The number of rotatable bonds is 1. The molecule has 0 aromatic heterocycles. The zero-order valence-electron chi connectivity index (χ0n) is 9.98. The van der Waals surface area contributed by atoms with Crippen molar-refractivity contribution in [2.75, 3.05) is 0 Å². The van der Waals surface area contributed by atoms with Crippen molar-refractivity contribution < 1.29 is 4.79 Å². The predicted octanol–water partition coefficient (Wildman–Crippen LogP) is 3.97. The molecule has 2 fully saturated rings. The molecule has 2 aliphatic heterocycles. The van der Waals surface area contributed by atoms with Gasteiger partial charge < -0.3 is 4.90 Å². The number of piperidine rings is 1. The van der Waals surface area contributed by atoms with Gasteiger partial charge >= 0.3 is 0 Å². The minimum Gasteiger partial charge on any atom is -0.332 e. The van der Waals surface area contributed by atoms with Crippen molar-refractivity contribution in [1.29, 1.82) is 0 Å². The molecule has 1 unspecified atom stereocenters. The molecule has 18 heavy (non-hydrogen) atoms. The Morgan fingerprint density at radius 3 is 2.78 bits per heavy atom. The van der Waals surface area contributed by atoms with Gasteiger partial charge in [0.2, 0.25) is 5.91 Å². The molecule has 2 aliphatic rings. The Kier molecular flexibility index (Phi) is 3.54. The fraction of sp³-hybridized carbons (Fsp3) is 0.500. The molecule has 4 heteroatoms. The van der Waals surface area contributed by atoms with E-state index in [1.165, 1.54) is 5.56 Å². The smallest absolute Gasteiger partial charge is 0.236 e. The Morgan fingerprint density at radius 1 is 1.22 bits per heavy atom. The van der Waals surface area contributed by atoms with Gasteiger partial charge in [0.1, 0.15) is 0 Å². The Bertz CT molecular complexity index is 479. The summed E-state index contributed by atoms with van der Waals surface area (Å²) in [7, 11) is 0. The third-order valence-corrected chi connectivity index (χ3v) is 5.40. The molecule has 96 valence electrons. The first-order chi connectivity index (χ1) is 8.66. The van der Waals surface area contributed by atoms with Gasteiger partial charge in [-0.05, 0) is 43.4 Å². The third-order valence-electron chi connectivity index (χ3n) is 4.01. The van der Waals surface area contributed by atoms with E-state index in [9.17, 15) is 4.79 Å². The molecule has 1 aromatic rings. The van der Waals surface area contributed by atoms with Crippen molar-refractivity contribution in [3.8, 4) is 0 Å². The Hall–Kier alpha value is -0.290. The second-order valence-corrected chi connectivity index (χ2v) is 7.03. The number of fused-ring (bicyclic) bond motifs is 1. The van der Waals surface area contributed by atoms with Gasteiger partial charge in [-0.3, -0.25) is 4.79 Å². The molecule has 0 bridgehead atoms. The van der Waals surface area contributed by atoms with Crippen LogP contribution in [0.4, 0.5) is 0 Å². The van der Waals surface area contributed by atoms with E-state index in [2.05, 4.69) is 33.6 Å². The lowest BCUT2D eigenvalue weighted by Gasteiger charge is -2.36. The molecule has 1 amide bonds. The Balaban J connectivity index is 1.91. The summed E-state index contributed by atoms with van der Waals surface area (Å²) in [6.07, 6.45) is 4.38. The summed E-state index contributed by atoms with van der Waals surface area (Å²) in [4.78, 5) is 14.5. The number of hydrogen-bond donors (Lipinski definition) is 0. The van der Waals surface area contributed by atoms with Crippen LogP contribution in [0.25, 0.3) is 0 Å². The summed E-state index contributed by atoms with van der Waals surface area (Å²) in [6, 6.07) is 8.63. The normalized spacial score (nSPS) is 31.6. The number of hydrogen-bond acceptors (Lipinski definition) is 1. The second-order valence-electron chi connectivity index (χ2n) is 5.09. The highest BCUT2D eigenvalue weighted by atomic mass is 127. The summed E-state index contributed by atoms with van der Waals surface area (Å²) >= 11 is 8.34. The maximum Gasteiger partial charge on any atom is 0.236 e. The number of nitrogens with zero attached hydrogens (tertiary/aromatic N) is 1. The van der Waals surface area contributed by atoms with Crippen LogP contribution in [0.1, 0.15) is 37.3 Å². The molecular weight excluding hydrogens is 361 g/mol. The van der Waals surface area contributed by atoms with Crippen LogP contribution < -0.4 is 0 Å². The summed E-state index contributed by atoms with van der Waals surface area (Å²) < 4.78 is 0.152. The molecule has 3 rings (SSSR count). The standard InChI is InChI=1S/C14H15ClINO/c15-10-3-1-2-9(8-10)13-7-5-11-4-6-12(16)14(18)17(11)13/h1-3,8,11-13H,4-7H2/t11-,12?,13+/m1/s1. The number of carbonyl (C=O) groups excluding carboxylic acids is 1. The maximum atomic E-state index is 12.4. The first-order valence-corrected chi connectivity index (χ1v) is 8.01. The van der Waals surface area contributed by atoms with E-state index < -0.39 is 0 Å². The molecule has 0 aliphatic carbocycles. The van der Waals surface area contributed by atoms with Gasteiger partial charge in [-0.1, -0.05) is 46.3 Å². The molecular formula is C14H15ClINO. The number of alkyl halides is 1. The van der Waals surface area contributed by atoms with E-state index in [0.29, 0.717) is 11.9 Å². The summed E-state index contributed by atoms with van der Waals surface area (Å²) in [6.45, 7) is 0. The van der Waals surface area contributed by atoms with Crippen molar-refractivity contribution in [3.05, 3.63) is 34.9 Å². The van der Waals surface area contributed by atoms with Gasteiger partial charge in [-0.15, -0.1) is 0 Å². The lowest BCUT2D eigenvalue weighted by Crippen LogP contribution is -2.45. The van der Waals surface area contributed by atoms with E-state index in [-0.39, 0.29) is 9.97 Å². The monoisotopic (exact) mass is 375 g/mol. The average Bonchev–Trinajstić information content (AvgIpc) is 2.78. The van der Waals surface area contributed by atoms with Gasteiger partial charge in [0.25, 0.3) is 0 Å². The van der Waals surface area contributed by atoms with Crippen molar-refractivity contribution in [1.82, 2.24) is 4.90 Å². The van der Waals surface area contributed by atoms with Gasteiger partial charge in [0.15, 0.2) is 0 Å². The number of benzene rings is 1. The predicted molar refractivity (Wildman–Crippen MR) is 81.1 cm³/mol. The SMILES string of the molecule is O=C1C(I)CC[C@@H]2CC[C@@H](c3cccc(Cl)c3)N12. The van der Waals surface area contributed by atoms with E-state index in [4.69, 9.17) is 11.6 Å². The van der Waals surface area contributed by atoms with Gasteiger partial charge in [0.05, 0.1) is 9.97 Å². The van der Waals surface area contributed by atoms with Crippen LogP contribution in [0.2, 0.25) is 5.02 Å². The molecule has 0 saturated carbocycles. The lowest BCUT2D eigenvalue weighted by molar-refractivity contribution is -0.135. The van der Waals surface area contributed by atoms with Crippen molar-refractivity contribution in [2.24, 2.45) is 0 Å². The van der Waals surface area contributed by atoms with Crippen LogP contribution in [0, 0.1) is 0 Å². The lowest BCUT2D eigenvalue weighted by atomic mass is 10.0. The molecule has 0 spiro atoms. The molecule has 2 saturated heterocycles. The van der Waals surface area contributed by atoms with E-state index in [0.717, 1.165) is 30.7 Å². The fourth-order valence-corrected chi connectivity index (χ4v) is 4.04. The van der Waals surface area contributed by atoms with Crippen LogP contribution in [-0.2, 0) is 4.79 Å². The summed E-state index contributed by atoms with van der Waals surface area (Å²) in [5.41, 5.74) is 1.18. The van der Waals surface area contributed by atoms with Crippen molar-refractivity contribution >= 4 is 40.1 Å². The van der Waals surface area contributed by atoms with Crippen molar-refractivity contribution in [2.45, 2.75) is 41.7 Å². The minimum atomic E-state index is 0.152. The van der Waals surface area contributed by atoms with E-state index in [1.54, 1.807) is 0 Å². The van der Waals surface area contributed by atoms with Crippen molar-refractivity contribution in [3.63, 3.8) is 0 Å². The highest BCUT2D eigenvalue weighted by Gasteiger charge is 2.42. The van der Waals surface area contributed by atoms with Crippen LogP contribution in [0.5, 0.6) is 0 Å². The van der Waals surface area contributed by atoms with Crippen LogP contribution in [0.3, 0.4) is 0 Å². The van der Waals surface area contributed by atoms with Gasteiger partial charge in [-0.25, -0.2) is 0 Å². The van der Waals surface area contributed by atoms with Gasteiger partial charge in [0, 0.05) is 11.1 Å². The van der Waals surface area contributed by atoms with Crippen LogP contribution >= 0.6 is 34.2 Å². The molecule has 3 atom stereocenters. The Labute approximate surface area is 126 Å². The summed E-state index contributed by atoms with van der Waals surface area (Å²) in [5, 5.41) is 0.756. The number of halogens is 2. The second kappa shape index (κ2) is 5.00. The fourth-order valence-electron chi connectivity index (χ4n) is 3.16. The van der Waals surface area contributed by atoms with Gasteiger partial charge in [-0.2, -0.15) is 0 Å². The zero-order chi connectivity index (χ0) is 12.7. The average molecular weight is 376 g/mol. The molecule has 0 N–H and O–H groups in total. The van der Waals surface area contributed by atoms with E-state index >= 15 is 0 Å². The molecule has 2 heterocycles. The molecule has 2 nitrogen and oxygen atoms in total. The topological polar surface area (TPSA) is 20.3 Å². The van der Waals surface area contributed by atoms with Crippen LogP contribution in [0.15, 0.2) is 24.3 Å². The molecule has 1 aromatic carbocycles. The van der Waals surface area contributed by atoms with E-state index in [1.807, 2.05) is 18.2 Å². The quantitative estimate of drug-likeness (QED) is 0.537. The number of carbonyl (C=O) groups is 1.